The highest BCUT2D eigenvalue weighted by Crippen LogP contribution is 2.50. The van der Waals surface area contributed by atoms with Gasteiger partial charge in [-0.05, 0) is 79.5 Å². The second-order valence-corrected chi connectivity index (χ2v) is 16.4. The summed E-state index contributed by atoms with van der Waals surface area (Å²) in [4.78, 5) is 15.0. The molecule has 0 radical (unpaired) electrons. The first-order valence-corrected chi connectivity index (χ1v) is 17.5. The summed E-state index contributed by atoms with van der Waals surface area (Å²) in [6.45, 7) is 21.0. The van der Waals surface area contributed by atoms with Crippen LogP contribution >= 0.6 is 11.6 Å². The highest BCUT2D eigenvalue weighted by atomic mass is 35.5. The third-order valence-electron chi connectivity index (χ3n) is 8.86. The van der Waals surface area contributed by atoms with Crippen molar-refractivity contribution in [2.75, 3.05) is 0 Å². The molecule has 0 amide bonds. The van der Waals surface area contributed by atoms with E-state index in [1.54, 1.807) is 0 Å². The lowest BCUT2D eigenvalue weighted by molar-refractivity contribution is 0.499. The summed E-state index contributed by atoms with van der Waals surface area (Å²) in [5, 5.41) is 0.631. The van der Waals surface area contributed by atoms with E-state index >= 15 is 0 Å². The molecule has 5 aromatic carbocycles. The fourth-order valence-electron chi connectivity index (χ4n) is 6.75. The van der Waals surface area contributed by atoms with Crippen LogP contribution in [0.25, 0.3) is 56.4 Å². The Balaban J connectivity index is 1.70. The van der Waals surface area contributed by atoms with Crippen LogP contribution in [-0.2, 0) is 16.2 Å². The van der Waals surface area contributed by atoms with E-state index in [0.29, 0.717) is 22.5 Å². The predicted octanol–water partition coefficient (Wildman–Crippen LogP) is 12.8. The van der Waals surface area contributed by atoms with Gasteiger partial charge in [-0.3, -0.25) is 0 Å². The lowest BCUT2D eigenvalue weighted by atomic mass is 9.65. The first kappa shape index (κ1) is 34.3. The van der Waals surface area contributed by atoms with Crippen LogP contribution in [-0.4, -0.2) is 15.0 Å². The van der Waals surface area contributed by atoms with Gasteiger partial charge < -0.3 is 0 Å². The zero-order valence-electron chi connectivity index (χ0n) is 30.2. The molecule has 0 bridgehead atoms. The maximum absolute atomic E-state index is 7.09. The largest absolute Gasteiger partial charge is 0.208 e. The molecule has 1 heterocycles. The molecular weight excluding hydrogens is 618 g/mol. The van der Waals surface area contributed by atoms with Crippen molar-refractivity contribution in [1.29, 1.82) is 0 Å². The Labute approximate surface area is 297 Å². The second kappa shape index (κ2) is 13.0. The SMILES string of the molecule is CC(C)(C)c1cc(-c2ccccc2)c(-c2cc(Cl)cc(-c3nc(-c4ccccc4)nc(-c4ccccc4)n3)c2)c(C(C)(C)C)c1C(C)(C)C. The molecule has 0 saturated carbocycles. The molecule has 0 fully saturated rings. The van der Waals surface area contributed by atoms with E-state index in [9.17, 15) is 0 Å². The molecule has 0 aliphatic rings. The van der Waals surface area contributed by atoms with Gasteiger partial charge in [0.25, 0.3) is 0 Å². The monoisotopic (exact) mass is 663 g/mol. The van der Waals surface area contributed by atoms with E-state index < -0.39 is 0 Å². The van der Waals surface area contributed by atoms with Gasteiger partial charge in [-0.2, -0.15) is 0 Å². The van der Waals surface area contributed by atoms with Gasteiger partial charge in [-0.25, -0.2) is 15.0 Å². The molecule has 6 rings (SSSR count). The predicted molar refractivity (Wildman–Crippen MR) is 208 cm³/mol. The summed E-state index contributed by atoms with van der Waals surface area (Å²) in [6.07, 6.45) is 0. The van der Waals surface area contributed by atoms with E-state index in [0.717, 1.165) is 22.3 Å². The van der Waals surface area contributed by atoms with E-state index in [4.69, 9.17) is 26.6 Å². The highest BCUT2D eigenvalue weighted by molar-refractivity contribution is 6.31. The van der Waals surface area contributed by atoms with Gasteiger partial charge in [-0.1, -0.05) is 165 Å². The molecule has 4 heteroatoms. The Hall–Kier alpha value is -4.60. The van der Waals surface area contributed by atoms with Crippen molar-refractivity contribution in [1.82, 2.24) is 15.0 Å². The van der Waals surface area contributed by atoms with Gasteiger partial charge in [0.1, 0.15) is 0 Å². The quantitative estimate of drug-likeness (QED) is 0.184. The fourth-order valence-corrected chi connectivity index (χ4v) is 6.98. The molecule has 0 unspecified atom stereocenters. The van der Waals surface area contributed by atoms with Crippen LogP contribution in [0.5, 0.6) is 0 Å². The average molecular weight is 664 g/mol. The Morgan fingerprint density at radius 3 is 1.24 bits per heavy atom. The van der Waals surface area contributed by atoms with E-state index in [2.05, 4.69) is 111 Å². The fraction of sp³-hybridized carbons (Fsp3) is 0.267. The number of benzene rings is 5. The van der Waals surface area contributed by atoms with Crippen molar-refractivity contribution in [2.24, 2.45) is 0 Å². The molecular formula is C45H46ClN3. The smallest absolute Gasteiger partial charge is 0.164 e. The van der Waals surface area contributed by atoms with Crippen molar-refractivity contribution in [2.45, 2.75) is 78.6 Å². The Bertz CT molecular complexity index is 2040. The highest BCUT2D eigenvalue weighted by Gasteiger charge is 2.36. The first-order chi connectivity index (χ1) is 23.1. The van der Waals surface area contributed by atoms with Crippen LogP contribution in [0.2, 0.25) is 5.02 Å². The maximum Gasteiger partial charge on any atom is 0.164 e. The number of nitrogens with zero attached hydrogens (tertiary/aromatic N) is 3. The summed E-state index contributed by atoms with van der Waals surface area (Å²) in [5.41, 5.74) is 11.0. The van der Waals surface area contributed by atoms with Gasteiger partial charge in [0.2, 0.25) is 0 Å². The van der Waals surface area contributed by atoms with Crippen LogP contribution in [0.4, 0.5) is 0 Å². The normalized spacial score (nSPS) is 12.3. The molecule has 248 valence electrons. The van der Waals surface area contributed by atoms with Gasteiger partial charge in [-0.15, -0.1) is 0 Å². The molecule has 0 N–H and O–H groups in total. The van der Waals surface area contributed by atoms with E-state index in [-0.39, 0.29) is 16.2 Å². The first-order valence-electron chi connectivity index (χ1n) is 17.1. The van der Waals surface area contributed by atoms with Crippen molar-refractivity contribution in [3.63, 3.8) is 0 Å². The van der Waals surface area contributed by atoms with Gasteiger partial charge in [0.05, 0.1) is 0 Å². The molecule has 3 nitrogen and oxygen atoms in total. The minimum absolute atomic E-state index is 0.0727. The third kappa shape index (κ3) is 7.23. The zero-order valence-corrected chi connectivity index (χ0v) is 30.9. The lowest BCUT2D eigenvalue weighted by Crippen LogP contribution is -2.29. The van der Waals surface area contributed by atoms with Crippen LogP contribution < -0.4 is 0 Å². The molecule has 49 heavy (non-hydrogen) atoms. The third-order valence-corrected chi connectivity index (χ3v) is 9.08. The average Bonchev–Trinajstić information content (AvgIpc) is 3.07. The van der Waals surface area contributed by atoms with Gasteiger partial charge in [0.15, 0.2) is 17.5 Å². The Morgan fingerprint density at radius 2 is 0.816 bits per heavy atom. The number of hydrogen-bond acceptors (Lipinski definition) is 3. The Kier molecular flexibility index (Phi) is 9.11. The van der Waals surface area contributed by atoms with Crippen molar-refractivity contribution >= 4 is 11.6 Å². The number of hydrogen-bond donors (Lipinski definition) is 0. The molecule has 6 aromatic rings. The van der Waals surface area contributed by atoms with Crippen LogP contribution in [0.3, 0.4) is 0 Å². The van der Waals surface area contributed by atoms with Crippen LogP contribution in [0.1, 0.15) is 79.0 Å². The Morgan fingerprint density at radius 1 is 0.408 bits per heavy atom. The second-order valence-electron chi connectivity index (χ2n) is 16.0. The molecule has 1 aromatic heterocycles. The zero-order chi connectivity index (χ0) is 35.1. The summed E-state index contributed by atoms with van der Waals surface area (Å²) in [6, 6.07) is 39.6. The van der Waals surface area contributed by atoms with Gasteiger partial charge >= 0.3 is 0 Å². The molecule has 0 atom stereocenters. The van der Waals surface area contributed by atoms with Crippen LogP contribution in [0.15, 0.2) is 115 Å². The molecule has 0 aliphatic carbocycles. The summed E-state index contributed by atoms with van der Waals surface area (Å²) < 4.78 is 0. The van der Waals surface area contributed by atoms with E-state index in [1.165, 1.54) is 33.4 Å². The van der Waals surface area contributed by atoms with Gasteiger partial charge in [0, 0.05) is 21.7 Å². The van der Waals surface area contributed by atoms with Crippen molar-refractivity contribution < 1.29 is 0 Å². The number of halogens is 1. The summed E-state index contributed by atoms with van der Waals surface area (Å²) in [7, 11) is 0. The minimum Gasteiger partial charge on any atom is -0.208 e. The minimum atomic E-state index is -0.181. The van der Waals surface area contributed by atoms with E-state index in [1.807, 2.05) is 66.7 Å². The number of aromatic nitrogens is 3. The van der Waals surface area contributed by atoms with Crippen molar-refractivity contribution in [3.05, 3.63) is 137 Å². The lowest BCUT2D eigenvalue weighted by Gasteiger charge is -2.39. The summed E-state index contributed by atoms with van der Waals surface area (Å²) in [5.74, 6) is 1.82. The van der Waals surface area contributed by atoms with Crippen LogP contribution in [0, 0.1) is 0 Å². The maximum atomic E-state index is 7.09. The summed E-state index contributed by atoms with van der Waals surface area (Å²) >= 11 is 7.09. The number of rotatable bonds is 5. The molecule has 0 aliphatic heterocycles. The molecule has 0 saturated heterocycles. The topological polar surface area (TPSA) is 38.7 Å². The molecule has 0 spiro atoms. The standard InChI is InChI=1S/C45H46ClN3/c1-43(2,3)36-28-35(29-19-13-10-14-20-29)37(39(45(7,8)9)38(36)44(4,5)6)32-25-33(27-34(46)26-32)42-48-40(30-21-15-11-16-22-30)47-41(49-42)31-23-17-12-18-24-31/h10-28H,1-9H3. The van der Waals surface area contributed by atoms with Crippen molar-refractivity contribution in [3.8, 4) is 56.4 Å².